The number of fused-ring (bicyclic) bond motifs is 1. The summed E-state index contributed by atoms with van der Waals surface area (Å²) in [5.41, 5.74) is 6.12. The Morgan fingerprint density at radius 3 is 2.55 bits per heavy atom. The number of nitrogens with zero attached hydrogens (tertiary/aromatic N) is 4. The number of pyridine rings is 1. The Morgan fingerprint density at radius 1 is 1.16 bits per heavy atom. The zero-order valence-corrected chi connectivity index (χ0v) is 19.2. The number of amides is 1. The fraction of sp³-hybridized carbons (Fsp3) is 0.348. The van der Waals surface area contributed by atoms with Gasteiger partial charge in [-0.25, -0.2) is 8.42 Å². The van der Waals surface area contributed by atoms with E-state index in [1.54, 1.807) is 29.3 Å². The predicted molar refractivity (Wildman–Crippen MR) is 120 cm³/mol. The minimum atomic E-state index is -3.32. The van der Waals surface area contributed by atoms with Crippen LogP contribution in [-0.2, 0) is 34.6 Å². The fourth-order valence-electron chi connectivity index (χ4n) is 4.07. The Balaban J connectivity index is 1.80. The van der Waals surface area contributed by atoms with Crippen molar-refractivity contribution in [2.45, 2.75) is 38.6 Å². The number of anilines is 1. The number of sulfone groups is 1. The van der Waals surface area contributed by atoms with Crippen LogP contribution in [0, 0.1) is 19.8 Å². The molecule has 1 aliphatic heterocycles. The van der Waals surface area contributed by atoms with Crippen LogP contribution in [0.5, 0.6) is 0 Å². The Morgan fingerprint density at radius 2 is 1.90 bits per heavy atom. The Kier molecular flexibility index (Phi) is 5.21. The molecule has 0 saturated carbocycles. The molecule has 0 N–H and O–H groups in total. The minimum absolute atomic E-state index is 0.0546. The highest BCUT2D eigenvalue weighted by molar-refractivity contribution is 7.90. The molecule has 31 heavy (non-hydrogen) atoms. The van der Waals surface area contributed by atoms with Gasteiger partial charge in [-0.2, -0.15) is 5.10 Å². The van der Waals surface area contributed by atoms with E-state index in [-0.39, 0.29) is 16.7 Å². The van der Waals surface area contributed by atoms with Crippen molar-refractivity contribution in [1.29, 1.82) is 0 Å². The zero-order valence-electron chi connectivity index (χ0n) is 18.4. The Bertz CT molecular complexity index is 1290. The summed E-state index contributed by atoms with van der Waals surface area (Å²) < 4.78 is 25.8. The van der Waals surface area contributed by atoms with Crippen molar-refractivity contribution in [2.75, 3.05) is 11.2 Å². The van der Waals surface area contributed by atoms with E-state index in [0.717, 1.165) is 39.5 Å². The van der Waals surface area contributed by atoms with Gasteiger partial charge in [0, 0.05) is 48.7 Å². The van der Waals surface area contributed by atoms with Crippen LogP contribution in [0.1, 0.15) is 29.6 Å². The molecule has 1 aromatic carbocycles. The molecular weight excluding hydrogens is 412 g/mol. The molecule has 1 aliphatic rings. The largest absolute Gasteiger partial charge is 0.306 e. The standard InChI is InChI=1S/C23H26N4O3S/c1-14-9-21-22(27(23(14)28)13-20-15(2)25-26(4)16(20)3)11-18(12-24-21)17-7-6-8-19(10-17)31(5,29)30/h6-8,10-12,14H,9,13H2,1-5H3. The van der Waals surface area contributed by atoms with Crippen molar-refractivity contribution < 1.29 is 13.2 Å². The molecule has 0 bridgehead atoms. The molecule has 1 amide bonds. The van der Waals surface area contributed by atoms with E-state index in [9.17, 15) is 13.2 Å². The van der Waals surface area contributed by atoms with E-state index in [2.05, 4.69) is 10.1 Å². The molecule has 4 rings (SSSR count). The van der Waals surface area contributed by atoms with Crippen molar-refractivity contribution in [3.63, 3.8) is 0 Å². The van der Waals surface area contributed by atoms with Crippen molar-refractivity contribution in [3.05, 3.63) is 59.2 Å². The number of rotatable bonds is 4. The summed E-state index contributed by atoms with van der Waals surface area (Å²) in [7, 11) is -1.42. The average molecular weight is 439 g/mol. The third kappa shape index (κ3) is 3.87. The molecule has 8 heteroatoms. The van der Waals surface area contributed by atoms with Crippen LogP contribution in [0.25, 0.3) is 11.1 Å². The molecule has 0 saturated heterocycles. The second-order valence-corrected chi connectivity index (χ2v) is 10.3. The molecule has 0 aliphatic carbocycles. The lowest BCUT2D eigenvalue weighted by molar-refractivity contribution is -0.122. The van der Waals surface area contributed by atoms with Crippen molar-refractivity contribution in [2.24, 2.45) is 13.0 Å². The van der Waals surface area contributed by atoms with Gasteiger partial charge < -0.3 is 4.90 Å². The molecule has 162 valence electrons. The van der Waals surface area contributed by atoms with E-state index >= 15 is 0 Å². The molecule has 7 nitrogen and oxygen atoms in total. The third-order valence-corrected chi connectivity index (χ3v) is 7.11. The monoisotopic (exact) mass is 438 g/mol. The number of carbonyl (C=O) groups excluding carboxylic acids is 1. The van der Waals surface area contributed by atoms with Crippen molar-refractivity contribution in [1.82, 2.24) is 14.8 Å². The molecule has 0 spiro atoms. The van der Waals surface area contributed by atoms with Gasteiger partial charge in [-0.05, 0) is 37.6 Å². The highest BCUT2D eigenvalue weighted by Crippen LogP contribution is 2.35. The van der Waals surface area contributed by atoms with Gasteiger partial charge in [0.2, 0.25) is 5.91 Å². The van der Waals surface area contributed by atoms with Gasteiger partial charge in [-0.1, -0.05) is 19.1 Å². The van der Waals surface area contributed by atoms with E-state index in [1.807, 2.05) is 44.6 Å². The molecular formula is C23H26N4O3S. The van der Waals surface area contributed by atoms with Crippen LogP contribution in [0.4, 0.5) is 5.69 Å². The molecule has 1 unspecified atom stereocenters. The van der Waals surface area contributed by atoms with Gasteiger partial charge >= 0.3 is 0 Å². The number of aromatic nitrogens is 3. The maximum Gasteiger partial charge on any atom is 0.230 e. The Labute approximate surface area is 182 Å². The van der Waals surface area contributed by atoms with Gasteiger partial charge in [0.05, 0.1) is 28.5 Å². The summed E-state index contributed by atoms with van der Waals surface area (Å²) in [6.45, 7) is 6.30. The van der Waals surface area contributed by atoms with E-state index in [0.29, 0.717) is 13.0 Å². The van der Waals surface area contributed by atoms with Crippen LogP contribution in [0.15, 0.2) is 41.4 Å². The number of carbonyl (C=O) groups is 1. The van der Waals surface area contributed by atoms with Crippen LogP contribution in [-0.4, -0.2) is 35.3 Å². The lowest BCUT2D eigenvalue weighted by Crippen LogP contribution is -2.40. The topological polar surface area (TPSA) is 85.2 Å². The molecule has 0 fully saturated rings. The second kappa shape index (κ2) is 7.60. The van der Waals surface area contributed by atoms with Crippen molar-refractivity contribution in [3.8, 4) is 11.1 Å². The first-order valence-corrected chi connectivity index (χ1v) is 12.0. The van der Waals surface area contributed by atoms with E-state index < -0.39 is 9.84 Å². The van der Waals surface area contributed by atoms with Crippen LogP contribution in [0.2, 0.25) is 0 Å². The molecule has 3 aromatic rings. The average Bonchev–Trinajstić information content (AvgIpc) is 2.96. The summed E-state index contributed by atoms with van der Waals surface area (Å²) >= 11 is 0. The molecule has 3 heterocycles. The lowest BCUT2D eigenvalue weighted by atomic mass is 9.94. The first kappa shape index (κ1) is 21.2. The lowest BCUT2D eigenvalue weighted by Gasteiger charge is -2.32. The van der Waals surface area contributed by atoms with E-state index in [1.165, 1.54) is 6.26 Å². The summed E-state index contributed by atoms with van der Waals surface area (Å²) in [5, 5.41) is 4.48. The highest BCUT2D eigenvalue weighted by Gasteiger charge is 2.32. The summed E-state index contributed by atoms with van der Waals surface area (Å²) in [6.07, 6.45) is 3.53. The molecule has 1 atom stereocenters. The zero-order chi connectivity index (χ0) is 22.5. The second-order valence-electron chi connectivity index (χ2n) is 8.29. The highest BCUT2D eigenvalue weighted by atomic mass is 32.2. The maximum atomic E-state index is 13.1. The first-order valence-electron chi connectivity index (χ1n) is 10.2. The van der Waals surface area contributed by atoms with E-state index in [4.69, 9.17) is 0 Å². The van der Waals surface area contributed by atoms with Crippen molar-refractivity contribution >= 4 is 21.4 Å². The SMILES string of the molecule is Cc1nn(C)c(C)c1CN1C(=O)C(C)Cc2ncc(-c3cccc(S(C)(=O)=O)c3)cc21. The number of hydrogen-bond acceptors (Lipinski definition) is 5. The van der Waals surface area contributed by atoms with Gasteiger partial charge in [-0.3, -0.25) is 14.5 Å². The maximum absolute atomic E-state index is 13.1. The fourth-order valence-corrected chi connectivity index (χ4v) is 4.73. The normalized spacial score (nSPS) is 16.5. The number of aryl methyl sites for hydroxylation is 2. The van der Waals surface area contributed by atoms with Crippen LogP contribution < -0.4 is 4.90 Å². The minimum Gasteiger partial charge on any atom is -0.306 e. The first-order chi connectivity index (χ1) is 14.6. The molecule has 0 radical (unpaired) electrons. The van der Waals surface area contributed by atoms with Gasteiger partial charge in [0.25, 0.3) is 0 Å². The van der Waals surface area contributed by atoms with Gasteiger partial charge in [0.1, 0.15) is 0 Å². The van der Waals surface area contributed by atoms with Crippen LogP contribution >= 0.6 is 0 Å². The van der Waals surface area contributed by atoms with Gasteiger partial charge in [-0.15, -0.1) is 0 Å². The smallest absolute Gasteiger partial charge is 0.230 e. The summed E-state index contributed by atoms with van der Waals surface area (Å²) in [5.74, 6) is -0.101. The summed E-state index contributed by atoms with van der Waals surface area (Å²) in [6, 6.07) is 8.74. The predicted octanol–water partition coefficient (Wildman–Crippen LogP) is 3.23. The quantitative estimate of drug-likeness (QED) is 0.624. The molecule has 2 aromatic heterocycles. The number of hydrogen-bond donors (Lipinski definition) is 0. The number of benzene rings is 1. The Hall–Kier alpha value is -3.00. The van der Waals surface area contributed by atoms with Gasteiger partial charge in [0.15, 0.2) is 9.84 Å². The summed E-state index contributed by atoms with van der Waals surface area (Å²) in [4.78, 5) is 19.8. The van der Waals surface area contributed by atoms with Crippen LogP contribution in [0.3, 0.4) is 0 Å². The third-order valence-electron chi connectivity index (χ3n) is 6.00.